The number of ketones is 2. The van der Waals surface area contributed by atoms with Crippen LogP contribution in [-0.4, -0.2) is 50.4 Å². The zero-order valence-corrected chi connectivity index (χ0v) is 76.6. The second-order valence-corrected chi connectivity index (χ2v) is 36.7. The third-order valence-electron chi connectivity index (χ3n) is 20.1. The van der Waals surface area contributed by atoms with E-state index in [1.165, 1.54) is 72.7 Å². The monoisotopic (exact) mass is 1850 g/mol. The number of aryl methyl sites for hydroxylation is 2. The molecule has 1 atom stereocenters. The van der Waals surface area contributed by atoms with Crippen LogP contribution in [0.3, 0.4) is 0 Å². The van der Waals surface area contributed by atoms with Crippen molar-refractivity contribution in [2.24, 2.45) is 0 Å². The van der Waals surface area contributed by atoms with Gasteiger partial charge in [-0.2, -0.15) is 0 Å². The van der Waals surface area contributed by atoms with E-state index in [1.807, 2.05) is 189 Å². The summed E-state index contributed by atoms with van der Waals surface area (Å²) >= 11 is 18.9. The fourth-order valence-electron chi connectivity index (χ4n) is 13.5. The van der Waals surface area contributed by atoms with Crippen molar-refractivity contribution in [2.45, 2.75) is 97.6 Å². The van der Waals surface area contributed by atoms with Crippen molar-refractivity contribution < 1.29 is 23.9 Å². The topological polar surface area (TPSA) is 177 Å². The highest BCUT2D eigenvalue weighted by Crippen LogP contribution is 2.36. The molecule has 0 bridgehead atoms. The van der Waals surface area contributed by atoms with Gasteiger partial charge in [0.1, 0.15) is 5.75 Å². The largest absolute Gasteiger partial charge is 0.497 e. The number of benzene rings is 10. The summed E-state index contributed by atoms with van der Waals surface area (Å²) in [4.78, 5) is 75.4. The van der Waals surface area contributed by atoms with Crippen molar-refractivity contribution in [1.29, 1.82) is 0 Å². The smallest absolute Gasteiger partial charge is 0.261 e. The molecule has 4 N–H and O–H groups in total. The Bertz CT molecular complexity index is 6270. The quantitative estimate of drug-likeness (QED) is 0.0328. The Morgan fingerprint density at radius 1 is 0.387 bits per heavy atom. The molecule has 6 heterocycles. The fraction of sp³-hybridized carbons (Fsp3) is 0.154. The van der Waals surface area contributed by atoms with Crippen LogP contribution in [0, 0.1) is 0 Å². The lowest BCUT2D eigenvalue weighted by atomic mass is 9.97. The molecule has 0 aliphatic carbocycles. The van der Waals surface area contributed by atoms with Crippen molar-refractivity contribution in [1.82, 2.24) is 30.6 Å². The lowest BCUT2D eigenvalue weighted by molar-refractivity contribution is 0.0939. The Morgan fingerprint density at radius 2 is 0.806 bits per heavy atom. The van der Waals surface area contributed by atoms with Crippen LogP contribution in [0.2, 0.25) is 5.02 Å². The Balaban J connectivity index is 0.000000142. The van der Waals surface area contributed by atoms with Crippen molar-refractivity contribution in [3.63, 3.8) is 0 Å². The summed E-state index contributed by atoms with van der Waals surface area (Å²) in [6, 6.07) is 105. The Morgan fingerprint density at radius 3 is 1.31 bits per heavy atom. The number of Topliss-reactive ketones (excluding diaryl/α,β-unsaturated/α-hetero) is 2. The molecule has 0 aliphatic heterocycles. The number of rotatable bonds is 29. The van der Waals surface area contributed by atoms with Crippen molar-refractivity contribution in [2.75, 3.05) is 17.7 Å². The Kier molecular flexibility index (Phi) is 32.6. The number of halogens is 3. The fourth-order valence-corrected chi connectivity index (χ4v) is 18.2. The minimum atomic E-state index is -0.132. The number of methoxy groups -OCH3 is 1. The predicted molar refractivity (Wildman–Crippen MR) is 521 cm³/mol. The molecular formula is C104H93Br2ClN8O5S4. The summed E-state index contributed by atoms with van der Waals surface area (Å²) in [7, 11) is 1.66. The highest BCUT2D eigenvalue weighted by molar-refractivity contribution is 9.10. The minimum absolute atomic E-state index is 0.0655. The van der Waals surface area contributed by atoms with Gasteiger partial charge in [-0.15, -0.1) is 45.3 Å². The van der Waals surface area contributed by atoms with Gasteiger partial charge in [0.05, 0.1) is 53.8 Å². The number of anilines is 4. The van der Waals surface area contributed by atoms with E-state index in [-0.39, 0.29) is 29.4 Å². The Hall–Kier alpha value is -11.9. The predicted octanol–water partition coefficient (Wildman–Crippen LogP) is 28.4. The van der Waals surface area contributed by atoms with Crippen LogP contribution in [0.25, 0.3) is 42.0 Å². The number of aromatic nitrogens is 4. The van der Waals surface area contributed by atoms with Gasteiger partial charge in [-0.3, -0.25) is 19.2 Å². The van der Waals surface area contributed by atoms with Crippen molar-refractivity contribution in [3.05, 3.63) is 417 Å². The number of carbonyl (C=O) groups excluding carboxylic acids is 4. The van der Waals surface area contributed by atoms with Gasteiger partial charge in [-0.25, -0.2) is 19.9 Å². The SMILES string of the molecule is CC(C)c1cccc(Cc2cccc(-c3ccc(C(=O)CCc4ccccc4)s3)c2)c1.COc1cccc(CCC(=O)c2ccc(-c3cccc(Cc4cccc(C(C)C)c4)c3)s2)c1.C[C@@H](NC(=O)c1ccc(-c2ccnc(Nc3cccc(Br)c3)n2)s1)c1ccccc1.O=C(NCc1cccc(Cl)c1)c1ccc(-c2ccnc(Nc3cccc(Br)c3)n2)s1. The second kappa shape index (κ2) is 44.9. The molecule has 0 saturated heterocycles. The number of nitrogens with one attached hydrogen (secondary N) is 4. The molecule has 16 rings (SSSR count). The summed E-state index contributed by atoms with van der Waals surface area (Å²) < 4.78 is 7.22. The summed E-state index contributed by atoms with van der Waals surface area (Å²) in [6.45, 7) is 11.3. The lowest BCUT2D eigenvalue weighted by Crippen LogP contribution is -2.25. The maximum absolute atomic E-state index is 12.8. The van der Waals surface area contributed by atoms with E-state index in [1.54, 1.807) is 54.3 Å². The van der Waals surface area contributed by atoms with Gasteiger partial charge < -0.3 is 26.0 Å². The summed E-state index contributed by atoms with van der Waals surface area (Å²) in [5, 5.41) is 13.0. The van der Waals surface area contributed by atoms with Gasteiger partial charge in [-0.05, 0) is 233 Å². The molecule has 0 fully saturated rings. The zero-order chi connectivity index (χ0) is 86.7. The van der Waals surface area contributed by atoms with Crippen molar-refractivity contribution in [3.8, 4) is 47.8 Å². The zero-order valence-electron chi connectivity index (χ0n) is 69.5. The van der Waals surface area contributed by atoms with Crippen LogP contribution in [0.15, 0.2) is 337 Å². The summed E-state index contributed by atoms with van der Waals surface area (Å²) in [5.41, 5.74) is 18.0. The molecule has 0 radical (unpaired) electrons. The van der Waals surface area contributed by atoms with Gasteiger partial charge in [-0.1, -0.05) is 265 Å². The highest BCUT2D eigenvalue weighted by atomic mass is 79.9. The van der Waals surface area contributed by atoms with E-state index < -0.39 is 0 Å². The number of thiophene rings is 4. The Labute approximate surface area is 763 Å². The first-order valence-corrected chi connectivity index (χ1v) is 46.1. The van der Waals surface area contributed by atoms with Crippen LogP contribution < -0.4 is 26.0 Å². The first-order valence-electron chi connectivity index (χ1n) is 40.8. The van der Waals surface area contributed by atoms with E-state index in [9.17, 15) is 19.2 Å². The minimum Gasteiger partial charge on any atom is -0.497 e. The van der Waals surface area contributed by atoms with Gasteiger partial charge in [0.15, 0.2) is 11.6 Å². The number of hydrogen-bond acceptors (Lipinski definition) is 15. The standard InChI is InChI=1S/C30H30O2S.C29H28OS.C23H19BrN4OS.C22H16BrClN4OS/c1-21(2)25-10-4-8-23(18-25)17-24-9-5-11-26(19-24)29-15-16-30(33-29)28(31)14-13-22-7-6-12-27(20-22)32-3;1-21(2)25-12-6-10-23(19-25)18-24-11-7-13-26(20-24)28-16-17-29(31-28)27(30)15-14-22-8-4-3-5-9-22;1-15(16-6-3-2-4-7-16)26-22(29)21-11-10-20(30-21)19-12-13-25-23(28-19)27-18-9-5-8-17(24)14-18;23-15-4-2-6-17(12-15)27-22-25-10-9-18(28-22)19-7-8-20(30-19)21(29)26-13-14-3-1-5-16(24)11-14/h4-12,15-16,18-21H,13-14,17H2,1-3H3;3-13,16-17,19-21H,14-15,18H2,1-2H3;2-15H,1H3,(H,26,29)(H,25,27,28);1-12H,13H2,(H,26,29)(H,25,27,28)/t;;15-;/m..1./s1. The van der Waals surface area contributed by atoms with Crippen LogP contribution in [0.1, 0.15) is 160 Å². The van der Waals surface area contributed by atoms with Crippen LogP contribution in [-0.2, 0) is 32.2 Å². The molecule has 10 aromatic carbocycles. The highest BCUT2D eigenvalue weighted by Gasteiger charge is 2.19. The molecule has 0 aliphatic rings. The van der Waals surface area contributed by atoms with Crippen LogP contribution in [0.4, 0.5) is 23.3 Å². The number of amides is 2. The molecule has 0 saturated carbocycles. The van der Waals surface area contributed by atoms with E-state index in [0.717, 1.165) is 103 Å². The first kappa shape index (κ1) is 89.8. The molecule has 0 unspecified atom stereocenters. The summed E-state index contributed by atoms with van der Waals surface area (Å²) in [5.74, 6) is 3.08. The number of hydrogen-bond donors (Lipinski definition) is 4. The maximum Gasteiger partial charge on any atom is 0.261 e. The number of nitrogens with zero attached hydrogens (tertiary/aromatic N) is 4. The van der Waals surface area contributed by atoms with Crippen molar-refractivity contribution >= 4 is 135 Å². The van der Waals surface area contributed by atoms with Gasteiger partial charge in [0.25, 0.3) is 11.8 Å². The average Bonchev–Trinajstić information content (AvgIpc) is 1.65. The third-order valence-corrected chi connectivity index (χ3v) is 25.9. The normalized spacial score (nSPS) is 11.1. The molecular weight excluding hydrogens is 1760 g/mol. The lowest BCUT2D eigenvalue weighted by Gasteiger charge is -2.13. The summed E-state index contributed by atoms with van der Waals surface area (Å²) in [6.07, 6.45) is 7.79. The molecule has 624 valence electrons. The molecule has 20 heteroatoms. The number of carbonyl (C=O) groups is 4. The molecule has 6 aromatic heterocycles. The van der Waals surface area contributed by atoms with E-state index >= 15 is 0 Å². The molecule has 16 aromatic rings. The second-order valence-electron chi connectivity index (χ2n) is 30.1. The van der Waals surface area contributed by atoms with Gasteiger partial charge in [0, 0.05) is 66.9 Å². The van der Waals surface area contributed by atoms with E-state index in [2.05, 4.69) is 222 Å². The van der Waals surface area contributed by atoms with Crippen LogP contribution in [0.5, 0.6) is 5.75 Å². The molecule has 0 spiro atoms. The molecule has 2 amide bonds. The van der Waals surface area contributed by atoms with Gasteiger partial charge >= 0.3 is 0 Å². The van der Waals surface area contributed by atoms with Gasteiger partial charge in [0.2, 0.25) is 11.9 Å². The first-order chi connectivity index (χ1) is 60.2. The van der Waals surface area contributed by atoms with Crippen LogP contribution >= 0.6 is 88.8 Å². The average molecular weight is 1860 g/mol. The van der Waals surface area contributed by atoms with E-state index in [0.29, 0.717) is 64.3 Å². The number of ether oxygens (including phenoxy) is 1. The third kappa shape index (κ3) is 26.8. The molecule has 124 heavy (non-hydrogen) atoms. The van der Waals surface area contributed by atoms with E-state index in [4.69, 9.17) is 16.3 Å². The maximum atomic E-state index is 12.8. The molecule has 13 nitrogen and oxygen atoms in total.